The summed E-state index contributed by atoms with van der Waals surface area (Å²) in [7, 11) is 0. The highest BCUT2D eigenvalue weighted by Crippen LogP contribution is 2.31. The van der Waals surface area contributed by atoms with Crippen LogP contribution in [0, 0.1) is 25.2 Å². The second kappa shape index (κ2) is 7.42. The van der Waals surface area contributed by atoms with Crippen LogP contribution in [0.1, 0.15) is 39.2 Å². The maximum absolute atomic E-state index is 12.2. The van der Waals surface area contributed by atoms with Gasteiger partial charge in [0.1, 0.15) is 11.1 Å². The molecular formula is C19H18N4O2S. The number of aromatic amines is 2. The van der Waals surface area contributed by atoms with Crippen molar-refractivity contribution in [3.8, 4) is 17.5 Å². The van der Waals surface area contributed by atoms with Crippen molar-refractivity contribution in [3.63, 3.8) is 0 Å². The minimum atomic E-state index is -0.343. The van der Waals surface area contributed by atoms with Crippen LogP contribution in [0.5, 0.6) is 0 Å². The SMILES string of the molecule is CCOC(=O)c1c(C)[nH]c(-c2csc(/C(C#N)=C/c3ccc[nH]3)n2)c1C. The highest BCUT2D eigenvalue weighted by atomic mass is 32.1. The van der Waals surface area contributed by atoms with Crippen LogP contribution < -0.4 is 0 Å². The molecule has 3 aromatic heterocycles. The first-order valence-corrected chi connectivity index (χ1v) is 9.00. The third-order valence-corrected chi connectivity index (χ3v) is 4.83. The lowest BCUT2D eigenvalue weighted by atomic mass is 10.1. The molecule has 0 amide bonds. The van der Waals surface area contributed by atoms with Gasteiger partial charge in [0.15, 0.2) is 0 Å². The molecular weight excluding hydrogens is 348 g/mol. The zero-order chi connectivity index (χ0) is 18.7. The van der Waals surface area contributed by atoms with Crippen molar-refractivity contribution in [2.45, 2.75) is 20.8 Å². The Morgan fingerprint density at radius 1 is 1.46 bits per heavy atom. The monoisotopic (exact) mass is 366 g/mol. The fourth-order valence-electron chi connectivity index (χ4n) is 2.76. The van der Waals surface area contributed by atoms with Gasteiger partial charge >= 0.3 is 5.97 Å². The number of hydrogen-bond acceptors (Lipinski definition) is 5. The summed E-state index contributed by atoms with van der Waals surface area (Å²) in [5.41, 5.74) is 4.88. The number of thiazole rings is 1. The van der Waals surface area contributed by atoms with Gasteiger partial charge in [-0.25, -0.2) is 9.78 Å². The van der Waals surface area contributed by atoms with E-state index in [0.717, 1.165) is 22.6 Å². The molecule has 0 saturated carbocycles. The van der Waals surface area contributed by atoms with E-state index in [1.165, 1.54) is 11.3 Å². The first-order valence-electron chi connectivity index (χ1n) is 8.12. The number of nitrogens with one attached hydrogen (secondary N) is 2. The minimum Gasteiger partial charge on any atom is -0.462 e. The number of carbonyl (C=O) groups is 1. The summed E-state index contributed by atoms with van der Waals surface area (Å²) in [6, 6.07) is 5.95. The molecule has 0 aromatic carbocycles. The van der Waals surface area contributed by atoms with E-state index >= 15 is 0 Å². The summed E-state index contributed by atoms with van der Waals surface area (Å²) in [5.74, 6) is -0.343. The van der Waals surface area contributed by atoms with Gasteiger partial charge in [0.05, 0.1) is 29.1 Å². The molecule has 0 spiro atoms. The van der Waals surface area contributed by atoms with E-state index in [9.17, 15) is 10.1 Å². The largest absolute Gasteiger partial charge is 0.462 e. The van der Waals surface area contributed by atoms with Crippen LogP contribution in [0.2, 0.25) is 0 Å². The van der Waals surface area contributed by atoms with E-state index in [-0.39, 0.29) is 5.97 Å². The van der Waals surface area contributed by atoms with Crippen molar-refractivity contribution in [2.24, 2.45) is 0 Å². The topological polar surface area (TPSA) is 94.6 Å². The molecule has 0 fully saturated rings. The molecule has 6 nitrogen and oxygen atoms in total. The number of aryl methyl sites for hydroxylation is 1. The number of nitriles is 1. The Morgan fingerprint density at radius 3 is 2.92 bits per heavy atom. The zero-order valence-electron chi connectivity index (χ0n) is 14.7. The molecule has 0 unspecified atom stereocenters. The number of nitrogens with zero attached hydrogens (tertiary/aromatic N) is 2. The van der Waals surface area contributed by atoms with Gasteiger partial charge in [-0.1, -0.05) is 0 Å². The van der Waals surface area contributed by atoms with E-state index < -0.39 is 0 Å². The van der Waals surface area contributed by atoms with Crippen molar-refractivity contribution in [1.29, 1.82) is 5.26 Å². The molecule has 132 valence electrons. The second-order valence-electron chi connectivity index (χ2n) is 5.68. The third kappa shape index (κ3) is 3.32. The number of ether oxygens (including phenoxy) is 1. The number of allylic oxidation sites excluding steroid dienone is 1. The minimum absolute atomic E-state index is 0.328. The van der Waals surface area contributed by atoms with Crippen LogP contribution in [0.25, 0.3) is 23.0 Å². The van der Waals surface area contributed by atoms with Gasteiger partial charge in [-0.15, -0.1) is 11.3 Å². The Kier molecular flexibility index (Phi) is 5.05. The van der Waals surface area contributed by atoms with Crippen molar-refractivity contribution < 1.29 is 9.53 Å². The lowest BCUT2D eigenvalue weighted by molar-refractivity contribution is 0.0525. The zero-order valence-corrected chi connectivity index (χ0v) is 15.5. The first kappa shape index (κ1) is 17.7. The van der Waals surface area contributed by atoms with Crippen LogP contribution >= 0.6 is 11.3 Å². The summed E-state index contributed by atoms with van der Waals surface area (Å²) in [6.07, 6.45) is 3.57. The quantitative estimate of drug-likeness (QED) is 0.519. The number of hydrogen-bond donors (Lipinski definition) is 2. The molecule has 0 aliphatic rings. The Morgan fingerprint density at radius 2 is 2.27 bits per heavy atom. The second-order valence-corrected chi connectivity index (χ2v) is 6.54. The number of rotatable bonds is 5. The molecule has 3 rings (SSSR count). The van der Waals surface area contributed by atoms with Gasteiger partial charge in [-0.05, 0) is 44.5 Å². The summed E-state index contributed by atoms with van der Waals surface area (Å²) >= 11 is 1.39. The van der Waals surface area contributed by atoms with Crippen LogP contribution in [0.3, 0.4) is 0 Å². The van der Waals surface area contributed by atoms with Crippen LogP contribution in [0.4, 0.5) is 0 Å². The Bertz CT molecular complexity index is 1000. The fourth-order valence-corrected chi connectivity index (χ4v) is 3.54. The summed E-state index contributed by atoms with van der Waals surface area (Å²) in [5, 5.41) is 12.0. The molecule has 2 N–H and O–H groups in total. The standard InChI is InChI=1S/C19H18N4O2S/c1-4-25-19(24)16-11(2)17(22-12(16)3)15-10-26-18(23-15)13(9-20)8-14-6-5-7-21-14/h5-8,10,21-22H,4H2,1-3H3/b13-8+. The molecule has 26 heavy (non-hydrogen) atoms. The molecule has 3 aromatic rings. The Labute approximate surface area is 155 Å². The van der Waals surface area contributed by atoms with Gasteiger partial charge in [0, 0.05) is 23.0 Å². The Balaban J connectivity index is 1.97. The summed E-state index contributed by atoms with van der Waals surface area (Å²) < 4.78 is 5.13. The predicted octanol–water partition coefficient (Wildman–Crippen LogP) is 4.32. The molecule has 0 radical (unpaired) electrons. The number of esters is 1. The van der Waals surface area contributed by atoms with Crippen molar-refractivity contribution >= 4 is 29.0 Å². The van der Waals surface area contributed by atoms with Gasteiger partial charge < -0.3 is 14.7 Å². The van der Waals surface area contributed by atoms with Gasteiger partial charge in [-0.3, -0.25) is 0 Å². The maximum Gasteiger partial charge on any atom is 0.340 e. The van der Waals surface area contributed by atoms with Crippen LogP contribution in [-0.2, 0) is 4.74 Å². The van der Waals surface area contributed by atoms with Crippen LogP contribution in [-0.4, -0.2) is 27.5 Å². The van der Waals surface area contributed by atoms with Gasteiger partial charge in [0.25, 0.3) is 0 Å². The summed E-state index contributed by atoms with van der Waals surface area (Å²) in [4.78, 5) is 23.0. The highest BCUT2D eigenvalue weighted by molar-refractivity contribution is 7.11. The molecule has 0 atom stereocenters. The normalized spacial score (nSPS) is 11.4. The number of H-pyrrole nitrogens is 2. The lowest BCUT2D eigenvalue weighted by Gasteiger charge is -2.02. The number of carbonyl (C=O) groups excluding carboxylic acids is 1. The number of aromatic nitrogens is 3. The molecule has 0 aliphatic heterocycles. The average molecular weight is 366 g/mol. The van der Waals surface area contributed by atoms with E-state index in [4.69, 9.17) is 4.74 Å². The van der Waals surface area contributed by atoms with Crippen molar-refractivity contribution in [2.75, 3.05) is 6.61 Å². The first-order chi connectivity index (χ1) is 12.5. The third-order valence-electron chi connectivity index (χ3n) is 3.95. The highest BCUT2D eigenvalue weighted by Gasteiger charge is 2.21. The van der Waals surface area contributed by atoms with Crippen molar-refractivity contribution in [3.05, 3.63) is 51.2 Å². The maximum atomic E-state index is 12.2. The van der Waals surface area contributed by atoms with Gasteiger partial charge in [-0.2, -0.15) is 5.26 Å². The van der Waals surface area contributed by atoms with Crippen molar-refractivity contribution in [1.82, 2.24) is 15.0 Å². The van der Waals surface area contributed by atoms with E-state index in [1.807, 2.05) is 31.4 Å². The van der Waals surface area contributed by atoms with E-state index in [2.05, 4.69) is 21.0 Å². The predicted molar refractivity (Wildman–Crippen MR) is 102 cm³/mol. The van der Waals surface area contributed by atoms with Gasteiger partial charge in [0.2, 0.25) is 0 Å². The Hall–Kier alpha value is -3.11. The molecule has 0 bridgehead atoms. The smallest absolute Gasteiger partial charge is 0.340 e. The van der Waals surface area contributed by atoms with E-state index in [0.29, 0.717) is 28.4 Å². The average Bonchev–Trinajstić information content (AvgIpc) is 3.33. The lowest BCUT2D eigenvalue weighted by Crippen LogP contribution is -2.06. The summed E-state index contributed by atoms with van der Waals surface area (Å²) in [6.45, 7) is 5.81. The van der Waals surface area contributed by atoms with Crippen LogP contribution in [0.15, 0.2) is 23.7 Å². The molecule has 0 aliphatic carbocycles. The van der Waals surface area contributed by atoms with E-state index in [1.54, 1.807) is 19.2 Å². The fraction of sp³-hybridized carbons (Fsp3) is 0.211. The molecule has 3 heterocycles. The molecule has 7 heteroatoms. The molecule has 0 saturated heterocycles.